The predicted octanol–water partition coefficient (Wildman–Crippen LogP) is 4.19. The van der Waals surface area contributed by atoms with Gasteiger partial charge in [0.1, 0.15) is 0 Å². The molecule has 2 rings (SSSR count). The van der Waals surface area contributed by atoms with Crippen LogP contribution in [-0.4, -0.2) is 18.0 Å². The van der Waals surface area contributed by atoms with Gasteiger partial charge >= 0.3 is 0 Å². The summed E-state index contributed by atoms with van der Waals surface area (Å²) in [5.74, 6) is 0.909. The first-order valence-corrected chi connectivity index (χ1v) is 6.70. The van der Waals surface area contributed by atoms with E-state index in [1.807, 2.05) is 60.7 Å². The molecule has 0 fully saturated rings. The summed E-state index contributed by atoms with van der Waals surface area (Å²) in [6.07, 6.45) is 0. The van der Waals surface area contributed by atoms with Crippen LogP contribution in [0.2, 0.25) is 0 Å². The number of carbonyl (C=O) groups excluding carboxylic acids is 1. The van der Waals surface area contributed by atoms with E-state index in [4.69, 9.17) is 5.11 Å². The lowest BCUT2D eigenvalue weighted by Gasteiger charge is -1.99. The van der Waals surface area contributed by atoms with Gasteiger partial charge in [0, 0.05) is 18.2 Å². The lowest BCUT2D eigenvalue weighted by molar-refractivity contribution is 0.103. The van der Waals surface area contributed by atoms with Crippen LogP contribution >= 0.6 is 0 Å². The second-order valence-electron chi connectivity index (χ2n) is 4.79. The van der Waals surface area contributed by atoms with Crippen LogP contribution in [0.1, 0.15) is 36.7 Å². The van der Waals surface area contributed by atoms with E-state index in [0.717, 1.165) is 24.2 Å². The summed E-state index contributed by atoms with van der Waals surface area (Å²) < 4.78 is 0. The minimum atomic E-state index is 0.0752. The van der Waals surface area contributed by atoms with Crippen molar-refractivity contribution in [3.8, 4) is 0 Å². The molecule has 0 aromatic heterocycles. The first-order chi connectivity index (χ1) is 9.61. The van der Waals surface area contributed by atoms with E-state index >= 15 is 0 Å². The maximum absolute atomic E-state index is 11.8. The largest absolute Gasteiger partial charge is 0.400 e. The fourth-order valence-electron chi connectivity index (χ4n) is 1.35. The predicted molar refractivity (Wildman–Crippen MR) is 85.0 cm³/mol. The smallest absolute Gasteiger partial charge is 0.193 e. The van der Waals surface area contributed by atoms with Crippen molar-refractivity contribution < 1.29 is 9.90 Å². The Morgan fingerprint density at radius 3 is 1.25 bits per heavy atom. The van der Waals surface area contributed by atoms with E-state index in [-0.39, 0.29) is 5.78 Å². The number of aliphatic hydroxyl groups is 1. The molecule has 0 aliphatic heterocycles. The number of aliphatic hydroxyl groups excluding tert-OH is 1. The van der Waals surface area contributed by atoms with Gasteiger partial charge in [0.2, 0.25) is 0 Å². The van der Waals surface area contributed by atoms with E-state index in [2.05, 4.69) is 20.8 Å². The Balaban J connectivity index is 0.000000521. The molecule has 0 saturated carbocycles. The highest BCUT2D eigenvalue weighted by Gasteiger charge is 2.06. The zero-order valence-electron chi connectivity index (χ0n) is 12.7. The molecule has 0 heterocycles. The molecule has 108 valence electrons. The van der Waals surface area contributed by atoms with Crippen molar-refractivity contribution in [3.63, 3.8) is 0 Å². The summed E-state index contributed by atoms with van der Waals surface area (Å²) in [6.45, 7) is 6.50. The van der Waals surface area contributed by atoms with Crippen molar-refractivity contribution in [2.75, 3.05) is 7.11 Å². The molecule has 0 aliphatic carbocycles. The molecule has 0 atom stereocenters. The van der Waals surface area contributed by atoms with Crippen LogP contribution in [0.5, 0.6) is 0 Å². The molecule has 20 heavy (non-hydrogen) atoms. The SMILES string of the molecule is CC(C)C.CO.O=C(c1ccccc1)c1ccccc1. The van der Waals surface area contributed by atoms with Crippen molar-refractivity contribution in [2.45, 2.75) is 20.8 Å². The van der Waals surface area contributed by atoms with Gasteiger partial charge in [0.05, 0.1) is 0 Å². The van der Waals surface area contributed by atoms with Gasteiger partial charge in [-0.2, -0.15) is 0 Å². The maximum Gasteiger partial charge on any atom is 0.193 e. The number of rotatable bonds is 2. The zero-order chi connectivity index (χ0) is 15.4. The van der Waals surface area contributed by atoms with Gasteiger partial charge in [-0.25, -0.2) is 0 Å². The summed E-state index contributed by atoms with van der Waals surface area (Å²) in [5, 5.41) is 7.00. The number of hydrogen-bond donors (Lipinski definition) is 1. The van der Waals surface area contributed by atoms with Crippen LogP contribution in [0, 0.1) is 5.92 Å². The fraction of sp³-hybridized carbons (Fsp3) is 0.278. The molecule has 2 heteroatoms. The second kappa shape index (κ2) is 10.9. The average Bonchev–Trinajstić information content (AvgIpc) is 2.50. The Bertz CT molecular complexity index is 417. The van der Waals surface area contributed by atoms with E-state index in [0.29, 0.717) is 0 Å². The molecule has 2 aromatic carbocycles. The van der Waals surface area contributed by atoms with Crippen molar-refractivity contribution in [1.82, 2.24) is 0 Å². The Hall–Kier alpha value is -1.93. The zero-order valence-corrected chi connectivity index (χ0v) is 12.7. The van der Waals surface area contributed by atoms with Crippen molar-refractivity contribution >= 4 is 5.78 Å². The summed E-state index contributed by atoms with van der Waals surface area (Å²) >= 11 is 0. The number of benzene rings is 2. The summed E-state index contributed by atoms with van der Waals surface area (Å²) in [6, 6.07) is 18.6. The molecule has 0 bridgehead atoms. The van der Waals surface area contributed by atoms with Crippen molar-refractivity contribution in [3.05, 3.63) is 71.8 Å². The first-order valence-electron chi connectivity index (χ1n) is 6.70. The molecule has 2 aromatic rings. The van der Waals surface area contributed by atoms with Gasteiger partial charge < -0.3 is 5.11 Å². The lowest BCUT2D eigenvalue weighted by Crippen LogP contribution is -1.99. The van der Waals surface area contributed by atoms with Crippen molar-refractivity contribution in [2.24, 2.45) is 5.92 Å². The van der Waals surface area contributed by atoms with Crippen LogP contribution in [0.15, 0.2) is 60.7 Å². The molecule has 2 nitrogen and oxygen atoms in total. The molecular formula is C18H24O2. The molecule has 0 radical (unpaired) electrons. The molecule has 0 saturated heterocycles. The molecular weight excluding hydrogens is 248 g/mol. The molecule has 1 N–H and O–H groups in total. The van der Waals surface area contributed by atoms with Crippen LogP contribution in [0.4, 0.5) is 0 Å². The minimum absolute atomic E-state index is 0.0752. The Morgan fingerprint density at radius 1 is 0.750 bits per heavy atom. The van der Waals surface area contributed by atoms with Crippen LogP contribution in [0.3, 0.4) is 0 Å². The third-order valence-corrected chi connectivity index (χ3v) is 2.07. The quantitative estimate of drug-likeness (QED) is 0.832. The van der Waals surface area contributed by atoms with Gasteiger partial charge in [-0.15, -0.1) is 0 Å². The topological polar surface area (TPSA) is 37.3 Å². The molecule has 0 aliphatic rings. The monoisotopic (exact) mass is 272 g/mol. The van der Waals surface area contributed by atoms with E-state index in [1.54, 1.807) is 0 Å². The Labute approximate surface area is 122 Å². The Kier molecular flexibility index (Phi) is 9.89. The van der Waals surface area contributed by atoms with Gasteiger partial charge in [0.15, 0.2) is 5.78 Å². The normalized spacial score (nSPS) is 8.90. The lowest BCUT2D eigenvalue weighted by atomic mass is 10.0. The molecule has 0 amide bonds. The van der Waals surface area contributed by atoms with Crippen molar-refractivity contribution in [1.29, 1.82) is 0 Å². The van der Waals surface area contributed by atoms with Gasteiger partial charge in [-0.05, 0) is 5.92 Å². The van der Waals surface area contributed by atoms with E-state index in [1.165, 1.54) is 0 Å². The van der Waals surface area contributed by atoms with Gasteiger partial charge in [-0.3, -0.25) is 4.79 Å². The highest BCUT2D eigenvalue weighted by atomic mass is 16.2. The van der Waals surface area contributed by atoms with E-state index in [9.17, 15) is 4.79 Å². The Morgan fingerprint density at radius 2 is 1.00 bits per heavy atom. The third-order valence-electron chi connectivity index (χ3n) is 2.07. The molecule has 0 unspecified atom stereocenters. The average molecular weight is 272 g/mol. The number of hydrogen-bond acceptors (Lipinski definition) is 2. The summed E-state index contributed by atoms with van der Waals surface area (Å²) in [5.41, 5.74) is 1.47. The van der Waals surface area contributed by atoms with Crippen LogP contribution in [-0.2, 0) is 0 Å². The third kappa shape index (κ3) is 7.49. The number of carbonyl (C=O) groups is 1. The summed E-state index contributed by atoms with van der Waals surface area (Å²) in [4.78, 5) is 11.8. The molecule has 0 spiro atoms. The van der Waals surface area contributed by atoms with E-state index < -0.39 is 0 Å². The highest BCUT2D eigenvalue weighted by molar-refractivity contribution is 6.08. The minimum Gasteiger partial charge on any atom is -0.400 e. The van der Waals surface area contributed by atoms with Gasteiger partial charge in [0.25, 0.3) is 0 Å². The highest BCUT2D eigenvalue weighted by Crippen LogP contribution is 2.08. The maximum atomic E-state index is 11.8. The standard InChI is InChI=1S/C13H10O.C4H10.CH4O/c14-13(11-7-3-1-4-8-11)12-9-5-2-6-10-12;1-4(2)3;1-2/h1-10H;4H,1-3H3;2H,1H3. The number of ketones is 1. The first kappa shape index (κ1) is 18.1. The fourth-order valence-corrected chi connectivity index (χ4v) is 1.35. The van der Waals surface area contributed by atoms with Crippen LogP contribution in [0.25, 0.3) is 0 Å². The van der Waals surface area contributed by atoms with Gasteiger partial charge in [-0.1, -0.05) is 81.4 Å². The second-order valence-corrected chi connectivity index (χ2v) is 4.79. The van der Waals surface area contributed by atoms with Crippen LogP contribution < -0.4 is 0 Å². The summed E-state index contributed by atoms with van der Waals surface area (Å²) in [7, 11) is 1.00.